The average Bonchev–Trinajstić information content (AvgIpc) is 3.37. The summed E-state index contributed by atoms with van der Waals surface area (Å²) in [5, 5.41) is 7.04. The molecule has 1 amide bonds. The molecule has 1 N–H and O–H groups in total. The Balaban J connectivity index is 1.37. The molecule has 0 aliphatic carbocycles. The number of oxime groups is 1. The van der Waals surface area contributed by atoms with Crippen LogP contribution in [0.15, 0.2) is 41.6 Å². The molecule has 0 radical (unpaired) electrons. The van der Waals surface area contributed by atoms with Crippen molar-refractivity contribution in [3.8, 4) is 17.2 Å². The first kappa shape index (κ1) is 19.1. The molecular formula is C22H24N2O5. The molecule has 152 valence electrons. The van der Waals surface area contributed by atoms with Gasteiger partial charge in [-0.2, -0.15) is 0 Å². The third-order valence-corrected chi connectivity index (χ3v) is 5.11. The van der Waals surface area contributed by atoms with Gasteiger partial charge in [0.15, 0.2) is 0 Å². The largest absolute Gasteiger partial charge is 0.497 e. The lowest BCUT2D eigenvalue weighted by molar-refractivity contribution is -0.131. The molecule has 2 aliphatic rings. The predicted octanol–water partition coefficient (Wildman–Crippen LogP) is 2.84. The molecule has 0 fully saturated rings. The second-order valence-corrected chi connectivity index (χ2v) is 7.19. The number of nitrogens with one attached hydrogen (secondary N) is 1. The van der Waals surface area contributed by atoms with Crippen molar-refractivity contribution >= 4 is 11.6 Å². The zero-order chi connectivity index (χ0) is 20.4. The molecule has 2 unspecified atom stereocenters. The Morgan fingerprint density at radius 3 is 2.83 bits per heavy atom. The summed E-state index contributed by atoms with van der Waals surface area (Å²) in [4.78, 5) is 18.0. The van der Waals surface area contributed by atoms with Crippen LogP contribution < -0.4 is 19.5 Å². The molecule has 7 nitrogen and oxygen atoms in total. The zero-order valence-corrected chi connectivity index (χ0v) is 16.7. The summed E-state index contributed by atoms with van der Waals surface area (Å²) in [7, 11) is 3.19. The van der Waals surface area contributed by atoms with Gasteiger partial charge in [-0.25, -0.2) is 0 Å². The molecule has 0 spiro atoms. The lowest BCUT2D eigenvalue weighted by Crippen LogP contribution is -2.34. The van der Waals surface area contributed by atoms with Gasteiger partial charge in [0.1, 0.15) is 23.4 Å². The smallest absolute Gasteiger partial charge is 0.264 e. The van der Waals surface area contributed by atoms with E-state index in [-0.39, 0.29) is 12.0 Å². The minimum absolute atomic E-state index is 0.198. The van der Waals surface area contributed by atoms with Gasteiger partial charge in [0.2, 0.25) is 6.10 Å². The van der Waals surface area contributed by atoms with E-state index in [9.17, 15) is 4.79 Å². The first-order valence-electron chi connectivity index (χ1n) is 9.58. The van der Waals surface area contributed by atoms with Crippen molar-refractivity contribution in [1.82, 2.24) is 5.32 Å². The summed E-state index contributed by atoms with van der Waals surface area (Å²) in [5.74, 6) is 2.07. The molecule has 2 aliphatic heterocycles. The topological polar surface area (TPSA) is 78.4 Å². The first-order valence-corrected chi connectivity index (χ1v) is 9.58. The highest BCUT2D eigenvalue weighted by atomic mass is 16.6. The van der Waals surface area contributed by atoms with Gasteiger partial charge in [0, 0.05) is 24.9 Å². The summed E-state index contributed by atoms with van der Waals surface area (Å²) in [6.45, 7) is 2.48. The van der Waals surface area contributed by atoms with Crippen LogP contribution in [0.25, 0.3) is 0 Å². The number of carbonyl (C=O) groups is 1. The number of fused-ring (bicyclic) bond motifs is 1. The van der Waals surface area contributed by atoms with Crippen LogP contribution in [0.3, 0.4) is 0 Å². The second kappa shape index (κ2) is 8.03. The zero-order valence-electron chi connectivity index (χ0n) is 16.7. The maximum absolute atomic E-state index is 12.6. The lowest BCUT2D eigenvalue weighted by Gasteiger charge is -2.11. The molecule has 0 bridgehead atoms. The number of hydrogen-bond donors (Lipinski definition) is 1. The van der Waals surface area contributed by atoms with Crippen LogP contribution in [0.5, 0.6) is 17.2 Å². The number of carbonyl (C=O) groups excluding carboxylic acids is 1. The van der Waals surface area contributed by atoms with E-state index in [0.717, 1.165) is 23.3 Å². The van der Waals surface area contributed by atoms with E-state index in [1.807, 2.05) is 37.3 Å². The maximum Gasteiger partial charge on any atom is 0.264 e. The monoisotopic (exact) mass is 396 g/mol. The fourth-order valence-corrected chi connectivity index (χ4v) is 3.61. The van der Waals surface area contributed by atoms with Gasteiger partial charge in [0.25, 0.3) is 5.91 Å². The minimum Gasteiger partial charge on any atom is -0.497 e. The summed E-state index contributed by atoms with van der Waals surface area (Å²) in [6, 6.07) is 11.5. The lowest BCUT2D eigenvalue weighted by atomic mass is 10.0. The Kier molecular flexibility index (Phi) is 5.29. The maximum atomic E-state index is 12.6. The van der Waals surface area contributed by atoms with Gasteiger partial charge in [-0.05, 0) is 42.3 Å². The van der Waals surface area contributed by atoms with E-state index < -0.39 is 6.10 Å². The number of nitrogens with zero attached hydrogens (tertiary/aromatic N) is 1. The van der Waals surface area contributed by atoms with E-state index in [0.29, 0.717) is 30.2 Å². The normalized spacial score (nSPS) is 19.6. The SMILES string of the molecule is COc1ccc(OC)c(C2=NOC(C(=O)NCc3ccc4c(c3)CC(C)O4)C2)c1. The highest BCUT2D eigenvalue weighted by Crippen LogP contribution is 2.30. The van der Waals surface area contributed by atoms with Crippen molar-refractivity contribution in [1.29, 1.82) is 0 Å². The van der Waals surface area contributed by atoms with Crippen LogP contribution in [0.2, 0.25) is 0 Å². The molecule has 7 heteroatoms. The van der Waals surface area contributed by atoms with Crippen LogP contribution in [-0.2, 0) is 22.6 Å². The number of amides is 1. The summed E-state index contributed by atoms with van der Waals surface area (Å²) < 4.78 is 16.4. The molecule has 2 aromatic carbocycles. The standard InChI is InChI=1S/C22H24N2O5/c1-13-8-15-9-14(4-6-19(15)28-13)12-23-22(25)21-11-18(24-29-21)17-10-16(26-2)5-7-20(17)27-3/h4-7,9-10,13,21H,8,11-12H2,1-3H3,(H,23,25). The number of hydrogen-bond acceptors (Lipinski definition) is 6. The first-order chi connectivity index (χ1) is 14.1. The number of rotatable bonds is 6. The van der Waals surface area contributed by atoms with Crippen molar-refractivity contribution in [2.45, 2.75) is 38.5 Å². The summed E-state index contributed by atoms with van der Waals surface area (Å²) in [6.07, 6.45) is 0.789. The quantitative estimate of drug-likeness (QED) is 0.812. The van der Waals surface area contributed by atoms with Crippen LogP contribution in [0.4, 0.5) is 0 Å². The van der Waals surface area contributed by atoms with Crippen molar-refractivity contribution < 1.29 is 23.8 Å². The van der Waals surface area contributed by atoms with Crippen molar-refractivity contribution in [3.05, 3.63) is 53.1 Å². The Morgan fingerprint density at radius 1 is 1.17 bits per heavy atom. The molecule has 0 saturated carbocycles. The van der Waals surface area contributed by atoms with E-state index in [2.05, 4.69) is 16.5 Å². The van der Waals surface area contributed by atoms with E-state index >= 15 is 0 Å². The highest BCUT2D eigenvalue weighted by molar-refractivity contribution is 6.06. The fraction of sp³-hybridized carbons (Fsp3) is 0.364. The van der Waals surface area contributed by atoms with E-state index in [4.69, 9.17) is 19.0 Å². The third-order valence-electron chi connectivity index (χ3n) is 5.11. The number of benzene rings is 2. The third kappa shape index (κ3) is 3.99. The minimum atomic E-state index is -0.668. The van der Waals surface area contributed by atoms with Crippen molar-refractivity contribution in [2.24, 2.45) is 5.16 Å². The molecule has 2 heterocycles. The molecule has 2 aromatic rings. The van der Waals surface area contributed by atoms with E-state index in [1.165, 1.54) is 5.56 Å². The fourth-order valence-electron chi connectivity index (χ4n) is 3.61. The van der Waals surface area contributed by atoms with Crippen LogP contribution >= 0.6 is 0 Å². The highest BCUT2D eigenvalue weighted by Gasteiger charge is 2.30. The van der Waals surface area contributed by atoms with E-state index in [1.54, 1.807) is 14.2 Å². The predicted molar refractivity (Wildman–Crippen MR) is 108 cm³/mol. The van der Waals surface area contributed by atoms with Crippen LogP contribution in [0, 0.1) is 0 Å². The molecule has 2 atom stereocenters. The molecule has 0 aromatic heterocycles. The van der Waals surface area contributed by atoms with Crippen LogP contribution in [0.1, 0.15) is 30.0 Å². The van der Waals surface area contributed by atoms with Gasteiger partial charge in [-0.3, -0.25) is 4.79 Å². The Hall–Kier alpha value is -3.22. The van der Waals surface area contributed by atoms with Gasteiger partial charge >= 0.3 is 0 Å². The van der Waals surface area contributed by atoms with Crippen molar-refractivity contribution in [3.63, 3.8) is 0 Å². The van der Waals surface area contributed by atoms with Gasteiger partial charge in [-0.15, -0.1) is 0 Å². The molecular weight excluding hydrogens is 372 g/mol. The van der Waals surface area contributed by atoms with Gasteiger partial charge in [0.05, 0.1) is 19.9 Å². The number of methoxy groups -OCH3 is 2. The van der Waals surface area contributed by atoms with Gasteiger partial charge in [-0.1, -0.05) is 17.3 Å². The van der Waals surface area contributed by atoms with Crippen LogP contribution in [-0.4, -0.2) is 38.0 Å². The van der Waals surface area contributed by atoms with Crippen molar-refractivity contribution in [2.75, 3.05) is 14.2 Å². The Labute approximate surface area is 169 Å². The Morgan fingerprint density at radius 2 is 2.03 bits per heavy atom. The summed E-state index contributed by atoms with van der Waals surface area (Å²) in [5.41, 5.74) is 3.62. The molecule has 4 rings (SSSR count). The summed E-state index contributed by atoms with van der Waals surface area (Å²) >= 11 is 0. The Bertz CT molecular complexity index is 956. The molecule has 0 saturated heterocycles. The number of ether oxygens (including phenoxy) is 3. The average molecular weight is 396 g/mol. The second-order valence-electron chi connectivity index (χ2n) is 7.19. The molecule has 29 heavy (non-hydrogen) atoms. The van der Waals surface area contributed by atoms with Gasteiger partial charge < -0.3 is 24.4 Å².